The molecule has 128 valence electrons. The Balaban J connectivity index is 2.13. The molecule has 7 heteroatoms. The summed E-state index contributed by atoms with van der Waals surface area (Å²) in [4.78, 5) is 11.1. The van der Waals surface area contributed by atoms with Crippen molar-refractivity contribution in [2.24, 2.45) is 10.2 Å². The van der Waals surface area contributed by atoms with E-state index in [0.29, 0.717) is 5.69 Å². The Morgan fingerprint density at radius 3 is 2.56 bits per heavy atom. The van der Waals surface area contributed by atoms with Crippen molar-refractivity contribution < 1.29 is 15.0 Å². The monoisotopic (exact) mass is 357 g/mol. The summed E-state index contributed by atoms with van der Waals surface area (Å²) in [7, 11) is 0. The summed E-state index contributed by atoms with van der Waals surface area (Å²) >= 11 is 6.07. The van der Waals surface area contributed by atoms with Crippen molar-refractivity contribution in [3.05, 3.63) is 53.1 Å². The summed E-state index contributed by atoms with van der Waals surface area (Å²) < 4.78 is 1.76. The predicted octanol–water partition coefficient (Wildman–Crippen LogP) is 5.69. The first-order valence-corrected chi connectivity index (χ1v) is 8.04. The van der Waals surface area contributed by atoms with Crippen LogP contribution in [-0.4, -0.2) is 20.7 Å². The second kappa shape index (κ2) is 6.57. The molecule has 0 spiro atoms. The number of nitrogens with zero attached hydrogens (tertiary/aromatic N) is 3. The first-order chi connectivity index (χ1) is 11.9. The molecule has 0 radical (unpaired) electrons. The molecule has 25 heavy (non-hydrogen) atoms. The zero-order valence-electron chi connectivity index (χ0n) is 13.6. The van der Waals surface area contributed by atoms with Crippen molar-refractivity contribution in [1.82, 2.24) is 4.57 Å². The van der Waals surface area contributed by atoms with E-state index in [1.807, 2.05) is 38.1 Å². The first-order valence-electron chi connectivity index (χ1n) is 7.66. The minimum atomic E-state index is -1.08. The Morgan fingerprint density at radius 1 is 1.16 bits per heavy atom. The molecule has 2 aromatic carbocycles. The minimum absolute atomic E-state index is 0.00506. The van der Waals surface area contributed by atoms with Crippen LogP contribution in [0.3, 0.4) is 0 Å². The highest BCUT2D eigenvalue weighted by Gasteiger charge is 2.18. The second-order valence-corrected chi connectivity index (χ2v) is 6.23. The summed E-state index contributed by atoms with van der Waals surface area (Å²) in [5.41, 5.74) is 1.45. The minimum Gasteiger partial charge on any atom is -0.493 e. The number of para-hydroxylation sites is 1. The molecule has 3 rings (SSSR count). The van der Waals surface area contributed by atoms with Crippen molar-refractivity contribution in [1.29, 1.82) is 0 Å². The van der Waals surface area contributed by atoms with E-state index in [1.54, 1.807) is 4.57 Å². The van der Waals surface area contributed by atoms with E-state index < -0.39 is 5.97 Å². The smallest absolute Gasteiger partial charge is 0.335 e. The highest BCUT2D eigenvalue weighted by atomic mass is 35.5. The van der Waals surface area contributed by atoms with Crippen LogP contribution in [0.5, 0.6) is 5.88 Å². The van der Waals surface area contributed by atoms with Gasteiger partial charge in [0.05, 0.1) is 16.1 Å². The SMILES string of the molecule is CC(C)n1c(O)c(N=Nc2cc(C(=O)O)ccc2Cl)c2ccccc21. The quantitative estimate of drug-likeness (QED) is 0.587. The summed E-state index contributed by atoms with van der Waals surface area (Å²) in [6.45, 7) is 3.92. The molecule has 0 saturated carbocycles. The van der Waals surface area contributed by atoms with Gasteiger partial charge in [-0.05, 0) is 38.1 Å². The molecule has 0 unspecified atom stereocenters. The fourth-order valence-corrected chi connectivity index (χ4v) is 2.84. The molecule has 0 aliphatic rings. The lowest BCUT2D eigenvalue weighted by Gasteiger charge is -2.10. The van der Waals surface area contributed by atoms with Gasteiger partial charge in [-0.25, -0.2) is 4.79 Å². The van der Waals surface area contributed by atoms with Crippen LogP contribution in [0.4, 0.5) is 11.4 Å². The normalized spacial score (nSPS) is 11.7. The van der Waals surface area contributed by atoms with Gasteiger partial charge in [-0.2, -0.15) is 0 Å². The molecule has 0 aliphatic carbocycles. The van der Waals surface area contributed by atoms with Gasteiger partial charge in [0, 0.05) is 11.4 Å². The Labute approximate surface area is 149 Å². The van der Waals surface area contributed by atoms with E-state index in [1.165, 1.54) is 18.2 Å². The number of halogens is 1. The van der Waals surface area contributed by atoms with Gasteiger partial charge in [-0.3, -0.25) is 0 Å². The Bertz CT molecular complexity index is 993. The summed E-state index contributed by atoms with van der Waals surface area (Å²) in [6, 6.07) is 11.7. The fraction of sp³-hybridized carbons (Fsp3) is 0.167. The number of aromatic carboxylic acids is 1. The fourth-order valence-electron chi connectivity index (χ4n) is 2.68. The largest absolute Gasteiger partial charge is 0.493 e. The number of aromatic nitrogens is 1. The number of hydrogen-bond acceptors (Lipinski definition) is 4. The highest BCUT2D eigenvalue weighted by Crippen LogP contribution is 2.41. The topological polar surface area (TPSA) is 87.2 Å². The number of carboxylic acids is 1. The summed E-state index contributed by atoms with van der Waals surface area (Å²) in [5, 5.41) is 28.9. The van der Waals surface area contributed by atoms with Gasteiger partial charge in [-0.1, -0.05) is 29.8 Å². The lowest BCUT2D eigenvalue weighted by molar-refractivity contribution is 0.0697. The third-order valence-corrected chi connectivity index (χ3v) is 4.15. The van der Waals surface area contributed by atoms with E-state index in [2.05, 4.69) is 10.2 Å². The van der Waals surface area contributed by atoms with E-state index >= 15 is 0 Å². The average Bonchev–Trinajstić information content (AvgIpc) is 2.85. The standard InChI is InChI=1S/C18H16ClN3O3/c1-10(2)22-15-6-4-3-5-12(15)16(17(22)23)21-20-14-9-11(18(24)25)7-8-13(14)19/h3-10,23H,1-2H3,(H,24,25). The molecule has 0 bridgehead atoms. The lowest BCUT2D eigenvalue weighted by Crippen LogP contribution is -1.98. The maximum absolute atomic E-state index is 11.1. The first kappa shape index (κ1) is 17.0. The van der Waals surface area contributed by atoms with E-state index in [-0.39, 0.29) is 28.2 Å². The number of carbonyl (C=O) groups is 1. The van der Waals surface area contributed by atoms with Crippen molar-refractivity contribution >= 4 is 39.8 Å². The predicted molar refractivity (Wildman–Crippen MR) is 96.6 cm³/mol. The molecular weight excluding hydrogens is 342 g/mol. The highest BCUT2D eigenvalue weighted by molar-refractivity contribution is 6.33. The van der Waals surface area contributed by atoms with E-state index in [9.17, 15) is 9.90 Å². The number of carboxylic acid groups (broad SMARTS) is 1. The van der Waals surface area contributed by atoms with Gasteiger partial charge in [0.1, 0.15) is 5.69 Å². The number of hydrogen-bond donors (Lipinski definition) is 2. The number of rotatable bonds is 4. The van der Waals surface area contributed by atoms with Crippen molar-refractivity contribution in [2.75, 3.05) is 0 Å². The molecule has 1 heterocycles. The van der Waals surface area contributed by atoms with Crippen LogP contribution in [0.15, 0.2) is 52.7 Å². The molecule has 0 aliphatic heterocycles. The van der Waals surface area contributed by atoms with Crippen LogP contribution in [-0.2, 0) is 0 Å². The average molecular weight is 358 g/mol. The molecule has 0 amide bonds. The van der Waals surface area contributed by atoms with Crippen LogP contribution in [0, 0.1) is 0 Å². The van der Waals surface area contributed by atoms with E-state index in [0.717, 1.165) is 10.9 Å². The van der Waals surface area contributed by atoms with Gasteiger partial charge in [0.15, 0.2) is 5.69 Å². The molecule has 0 saturated heterocycles. The molecule has 3 aromatic rings. The van der Waals surface area contributed by atoms with Crippen LogP contribution < -0.4 is 0 Å². The maximum Gasteiger partial charge on any atom is 0.335 e. The van der Waals surface area contributed by atoms with Gasteiger partial charge >= 0.3 is 5.97 Å². The maximum atomic E-state index is 11.1. The third-order valence-electron chi connectivity index (χ3n) is 3.83. The zero-order chi connectivity index (χ0) is 18.1. The van der Waals surface area contributed by atoms with Crippen molar-refractivity contribution in [2.45, 2.75) is 19.9 Å². The number of fused-ring (bicyclic) bond motifs is 1. The van der Waals surface area contributed by atoms with Crippen molar-refractivity contribution in [3.8, 4) is 5.88 Å². The Hall–Kier alpha value is -2.86. The van der Waals surface area contributed by atoms with Crippen LogP contribution in [0.1, 0.15) is 30.2 Å². The van der Waals surface area contributed by atoms with Crippen LogP contribution in [0.25, 0.3) is 10.9 Å². The number of aromatic hydroxyl groups is 1. The molecule has 0 atom stereocenters. The van der Waals surface area contributed by atoms with Crippen molar-refractivity contribution in [3.63, 3.8) is 0 Å². The Morgan fingerprint density at radius 2 is 1.88 bits per heavy atom. The van der Waals surface area contributed by atoms with Crippen LogP contribution >= 0.6 is 11.6 Å². The molecule has 0 fully saturated rings. The number of azo groups is 1. The molecular formula is C18H16ClN3O3. The van der Waals surface area contributed by atoms with Gasteiger partial charge in [0.25, 0.3) is 0 Å². The summed E-state index contributed by atoms with van der Waals surface area (Å²) in [5.74, 6) is -1.07. The third kappa shape index (κ3) is 3.08. The van der Waals surface area contributed by atoms with E-state index in [4.69, 9.17) is 16.7 Å². The van der Waals surface area contributed by atoms with Crippen LogP contribution in [0.2, 0.25) is 5.02 Å². The van der Waals surface area contributed by atoms with Gasteiger partial charge in [0.2, 0.25) is 5.88 Å². The zero-order valence-corrected chi connectivity index (χ0v) is 14.4. The molecule has 1 aromatic heterocycles. The molecule has 6 nitrogen and oxygen atoms in total. The lowest BCUT2D eigenvalue weighted by atomic mass is 10.2. The Kier molecular flexibility index (Phi) is 4.46. The summed E-state index contributed by atoms with van der Waals surface area (Å²) in [6.07, 6.45) is 0. The van der Waals surface area contributed by atoms with Gasteiger partial charge < -0.3 is 14.8 Å². The second-order valence-electron chi connectivity index (χ2n) is 5.82. The molecule has 2 N–H and O–H groups in total. The van der Waals surface area contributed by atoms with Gasteiger partial charge in [-0.15, -0.1) is 10.2 Å². The number of benzene rings is 2.